The van der Waals surface area contributed by atoms with Crippen molar-refractivity contribution in [2.45, 2.75) is 5.92 Å². The molecule has 1 N–H and O–H groups in total. The Bertz CT molecular complexity index is 1680. The average Bonchev–Trinajstić information content (AvgIpc) is 3.45. The smallest absolute Gasteiger partial charge is 0.0530 e. The molecule has 0 fully saturated rings. The zero-order chi connectivity index (χ0) is 23.1. The molecule has 2 heteroatoms. The van der Waals surface area contributed by atoms with E-state index < -0.39 is 0 Å². The minimum atomic E-state index is -0.0373. The van der Waals surface area contributed by atoms with Crippen molar-refractivity contribution in [2.24, 2.45) is 7.05 Å². The van der Waals surface area contributed by atoms with Crippen molar-refractivity contribution >= 4 is 21.8 Å². The van der Waals surface area contributed by atoms with Crippen LogP contribution in [-0.2, 0) is 7.05 Å². The van der Waals surface area contributed by atoms with Gasteiger partial charge in [0, 0.05) is 46.5 Å². The van der Waals surface area contributed by atoms with Crippen LogP contribution in [0.1, 0.15) is 28.2 Å². The van der Waals surface area contributed by atoms with Crippen LogP contribution in [0.4, 0.5) is 0 Å². The lowest BCUT2D eigenvalue weighted by Crippen LogP contribution is -2.07. The fraction of sp³-hybridized carbons (Fsp3) is 0.0625. The molecular weight excluding hydrogens is 412 g/mol. The van der Waals surface area contributed by atoms with Crippen LogP contribution >= 0.6 is 0 Å². The van der Waals surface area contributed by atoms with Crippen LogP contribution < -0.4 is 0 Å². The lowest BCUT2D eigenvalue weighted by Gasteiger charge is -2.22. The van der Waals surface area contributed by atoms with E-state index in [0.29, 0.717) is 0 Å². The fourth-order valence-electron chi connectivity index (χ4n) is 5.35. The first-order valence-corrected chi connectivity index (χ1v) is 11.5. The molecule has 2 nitrogen and oxygen atoms in total. The van der Waals surface area contributed by atoms with E-state index in [1.165, 1.54) is 38.7 Å². The minimum absolute atomic E-state index is 0.0373. The number of aryl methyl sites for hydroxylation is 1. The van der Waals surface area contributed by atoms with Crippen molar-refractivity contribution in [2.75, 3.05) is 0 Å². The van der Waals surface area contributed by atoms with E-state index in [-0.39, 0.29) is 5.92 Å². The first kappa shape index (κ1) is 20.1. The van der Waals surface area contributed by atoms with Gasteiger partial charge in [0.25, 0.3) is 0 Å². The molecule has 0 aliphatic carbocycles. The maximum absolute atomic E-state index is 6.04. The number of nitrogens with zero attached hydrogens (tertiary/aromatic N) is 1. The van der Waals surface area contributed by atoms with Gasteiger partial charge in [-0.1, -0.05) is 90.8 Å². The van der Waals surface area contributed by atoms with Gasteiger partial charge in [-0.15, -0.1) is 6.42 Å². The molecule has 4 aromatic carbocycles. The average molecular weight is 437 g/mol. The number of hydrogen-bond acceptors (Lipinski definition) is 0. The molecule has 34 heavy (non-hydrogen) atoms. The molecule has 0 saturated heterocycles. The SMILES string of the molecule is C#Cc1ccccc1C(c1c[nH]c2ccccc12)c1c(-c2ccccc2)n(C)c2ccccc12. The lowest BCUT2D eigenvalue weighted by atomic mass is 9.80. The maximum atomic E-state index is 6.04. The van der Waals surface area contributed by atoms with Crippen molar-refractivity contribution in [1.29, 1.82) is 0 Å². The predicted octanol–water partition coefficient (Wildman–Crippen LogP) is 7.49. The number of terminal acetylenes is 1. The van der Waals surface area contributed by atoms with Crippen molar-refractivity contribution in [3.8, 4) is 23.6 Å². The molecule has 1 unspecified atom stereocenters. The van der Waals surface area contributed by atoms with Gasteiger partial charge in [0.05, 0.1) is 5.69 Å². The predicted molar refractivity (Wildman–Crippen MR) is 142 cm³/mol. The quantitative estimate of drug-likeness (QED) is 0.276. The Labute approximate surface area is 199 Å². The highest BCUT2D eigenvalue weighted by Gasteiger charge is 2.29. The third-order valence-corrected chi connectivity index (χ3v) is 6.84. The fourth-order valence-corrected chi connectivity index (χ4v) is 5.35. The normalized spacial score (nSPS) is 12.1. The Morgan fingerprint density at radius 2 is 1.41 bits per heavy atom. The summed E-state index contributed by atoms with van der Waals surface area (Å²) < 4.78 is 2.32. The van der Waals surface area contributed by atoms with E-state index in [9.17, 15) is 0 Å². The van der Waals surface area contributed by atoms with Crippen molar-refractivity contribution in [3.05, 3.63) is 132 Å². The molecule has 2 aromatic heterocycles. The van der Waals surface area contributed by atoms with Gasteiger partial charge in [-0.2, -0.15) is 0 Å². The number of hydrogen-bond donors (Lipinski definition) is 1. The van der Waals surface area contributed by atoms with Crippen LogP contribution in [0, 0.1) is 12.3 Å². The van der Waals surface area contributed by atoms with Gasteiger partial charge < -0.3 is 9.55 Å². The van der Waals surface area contributed by atoms with Gasteiger partial charge in [-0.3, -0.25) is 0 Å². The number of nitrogens with one attached hydrogen (secondary N) is 1. The van der Waals surface area contributed by atoms with Gasteiger partial charge in [0.15, 0.2) is 0 Å². The first-order chi connectivity index (χ1) is 16.8. The molecule has 0 spiro atoms. The zero-order valence-corrected chi connectivity index (χ0v) is 19.0. The molecule has 6 rings (SSSR count). The number of fused-ring (bicyclic) bond motifs is 2. The molecule has 0 bridgehead atoms. The highest BCUT2D eigenvalue weighted by Crippen LogP contribution is 2.46. The van der Waals surface area contributed by atoms with E-state index >= 15 is 0 Å². The third-order valence-electron chi connectivity index (χ3n) is 6.84. The summed E-state index contributed by atoms with van der Waals surface area (Å²) in [6.45, 7) is 0. The largest absolute Gasteiger partial charge is 0.361 e. The van der Waals surface area contributed by atoms with Crippen molar-refractivity contribution in [1.82, 2.24) is 9.55 Å². The van der Waals surface area contributed by atoms with Gasteiger partial charge in [0.2, 0.25) is 0 Å². The second-order valence-corrected chi connectivity index (χ2v) is 8.66. The van der Waals surface area contributed by atoms with E-state index in [1.54, 1.807) is 0 Å². The second kappa shape index (κ2) is 8.14. The van der Waals surface area contributed by atoms with Crippen molar-refractivity contribution in [3.63, 3.8) is 0 Å². The van der Waals surface area contributed by atoms with Gasteiger partial charge in [0.1, 0.15) is 0 Å². The van der Waals surface area contributed by atoms with Gasteiger partial charge in [-0.25, -0.2) is 0 Å². The molecule has 0 saturated carbocycles. The second-order valence-electron chi connectivity index (χ2n) is 8.66. The molecule has 0 aliphatic heterocycles. The number of rotatable bonds is 4. The Morgan fingerprint density at radius 1 is 0.735 bits per heavy atom. The molecule has 0 aliphatic rings. The summed E-state index contributed by atoms with van der Waals surface area (Å²) >= 11 is 0. The number of benzene rings is 4. The number of aromatic amines is 1. The molecule has 6 aromatic rings. The summed E-state index contributed by atoms with van der Waals surface area (Å²) in [5, 5.41) is 2.46. The molecular formula is C32H24N2. The standard InChI is InChI=1S/C32H24N2/c1-3-22-13-7-8-16-24(22)30(27-21-33-28-19-11-9-17-25(27)28)31-26-18-10-12-20-29(26)34(2)32(31)23-14-5-4-6-15-23/h1,4-21,30,33H,2H3. The molecule has 0 amide bonds. The zero-order valence-electron chi connectivity index (χ0n) is 19.0. The summed E-state index contributed by atoms with van der Waals surface area (Å²) in [7, 11) is 2.16. The Hall–Kier alpha value is -4.48. The van der Waals surface area contributed by atoms with Crippen LogP contribution in [0.5, 0.6) is 0 Å². The van der Waals surface area contributed by atoms with Gasteiger partial charge >= 0.3 is 0 Å². The lowest BCUT2D eigenvalue weighted by molar-refractivity contribution is 0.939. The first-order valence-electron chi connectivity index (χ1n) is 11.5. The molecule has 2 heterocycles. The highest BCUT2D eigenvalue weighted by molar-refractivity contribution is 5.95. The number of aromatic nitrogens is 2. The highest BCUT2D eigenvalue weighted by atomic mass is 15.0. The van der Waals surface area contributed by atoms with Crippen molar-refractivity contribution < 1.29 is 0 Å². The summed E-state index contributed by atoms with van der Waals surface area (Å²) in [5.41, 5.74) is 9.31. The van der Waals surface area contributed by atoms with Crippen LogP contribution in [0.3, 0.4) is 0 Å². The minimum Gasteiger partial charge on any atom is -0.361 e. The Morgan fingerprint density at radius 3 is 2.24 bits per heavy atom. The van der Waals surface area contributed by atoms with E-state index in [2.05, 4.69) is 120 Å². The van der Waals surface area contributed by atoms with Crippen LogP contribution in [0.25, 0.3) is 33.1 Å². The molecule has 1 atom stereocenters. The van der Waals surface area contributed by atoms with E-state index in [1.807, 2.05) is 12.1 Å². The van der Waals surface area contributed by atoms with Gasteiger partial charge in [-0.05, 0) is 40.5 Å². The summed E-state index contributed by atoms with van der Waals surface area (Å²) in [4.78, 5) is 3.50. The van der Waals surface area contributed by atoms with Crippen LogP contribution in [-0.4, -0.2) is 9.55 Å². The molecule has 0 radical (unpaired) electrons. The number of H-pyrrole nitrogens is 1. The summed E-state index contributed by atoms with van der Waals surface area (Å²) in [6.07, 6.45) is 8.19. The van der Waals surface area contributed by atoms with Crippen LogP contribution in [0.2, 0.25) is 0 Å². The monoisotopic (exact) mass is 436 g/mol. The Kier molecular flexibility index (Phi) is 4.82. The summed E-state index contributed by atoms with van der Waals surface area (Å²) in [6, 6.07) is 36.2. The molecule has 162 valence electrons. The van der Waals surface area contributed by atoms with Crippen LogP contribution in [0.15, 0.2) is 109 Å². The van der Waals surface area contributed by atoms with E-state index in [4.69, 9.17) is 6.42 Å². The third kappa shape index (κ3) is 3.06. The number of para-hydroxylation sites is 2. The van der Waals surface area contributed by atoms with E-state index in [0.717, 1.165) is 16.6 Å². The maximum Gasteiger partial charge on any atom is 0.0530 e. The Balaban J connectivity index is 1.78. The topological polar surface area (TPSA) is 20.7 Å². The summed E-state index contributed by atoms with van der Waals surface area (Å²) in [5.74, 6) is 2.92.